The van der Waals surface area contributed by atoms with Crippen molar-refractivity contribution in [1.82, 2.24) is 15.6 Å². The van der Waals surface area contributed by atoms with Crippen molar-refractivity contribution < 1.29 is 21.8 Å². The standard InChI is InChI=1S/C14H16ClN5O5S/c1-26(22,23)25-3-2-16-13-11(6-17-19-13)12-10(14(21)20-18-12)5-9-4-8(15)7-24-9/h4,6-7,10H,2-3,5H2,1H3,(H,20,21)(H2,16,17,19). The molecule has 0 aliphatic carbocycles. The third-order valence-corrected chi connectivity index (χ3v) is 4.37. The van der Waals surface area contributed by atoms with Crippen LogP contribution in [0.1, 0.15) is 11.3 Å². The fourth-order valence-electron chi connectivity index (χ4n) is 2.48. The van der Waals surface area contributed by atoms with Crippen LogP contribution in [0.4, 0.5) is 5.82 Å². The zero-order valence-electron chi connectivity index (χ0n) is 13.7. The molecule has 0 aromatic carbocycles. The van der Waals surface area contributed by atoms with Crippen molar-refractivity contribution in [2.24, 2.45) is 11.0 Å². The second-order valence-corrected chi connectivity index (χ2v) is 7.65. The van der Waals surface area contributed by atoms with Gasteiger partial charge in [0.15, 0.2) is 0 Å². The Balaban J connectivity index is 1.69. The van der Waals surface area contributed by atoms with Crippen molar-refractivity contribution in [1.29, 1.82) is 0 Å². The van der Waals surface area contributed by atoms with Gasteiger partial charge in [-0.15, -0.1) is 0 Å². The predicted octanol–water partition coefficient (Wildman–Crippen LogP) is 0.737. The SMILES string of the molecule is CS(=O)(=O)OCCNc1[nH]ncc1C1=NNC(=O)C1Cc1cc(Cl)co1. The zero-order valence-corrected chi connectivity index (χ0v) is 15.2. The molecule has 1 amide bonds. The molecule has 26 heavy (non-hydrogen) atoms. The van der Waals surface area contributed by atoms with Gasteiger partial charge in [-0.05, 0) is 6.07 Å². The number of aromatic nitrogens is 2. The van der Waals surface area contributed by atoms with Crippen molar-refractivity contribution in [3.63, 3.8) is 0 Å². The maximum absolute atomic E-state index is 12.1. The normalized spacial score (nSPS) is 17.2. The lowest BCUT2D eigenvalue weighted by Crippen LogP contribution is -2.26. The van der Waals surface area contributed by atoms with Crippen molar-refractivity contribution >= 4 is 39.2 Å². The number of furan rings is 1. The Labute approximate surface area is 154 Å². The van der Waals surface area contributed by atoms with Gasteiger partial charge >= 0.3 is 0 Å². The van der Waals surface area contributed by atoms with Crippen LogP contribution in [0.5, 0.6) is 0 Å². The molecule has 10 nitrogen and oxygen atoms in total. The number of carbonyl (C=O) groups excluding carboxylic acids is 1. The molecule has 2 aromatic heterocycles. The van der Waals surface area contributed by atoms with E-state index in [2.05, 4.69) is 30.2 Å². The largest absolute Gasteiger partial charge is 0.468 e. The summed E-state index contributed by atoms with van der Waals surface area (Å²) in [6.45, 7) is 0.171. The molecule has 0 bridgehead atoms. The molecule has 2 aromatic rings. The van der Waals surface area contributed by atoms with Gasteiger partial charge in [-0.2, -0.15) is 18.6 Å². The summed E-state index contributed by atoms with van der Waals surface area (Å²) < 4.78 is 31.9. The maximum atomic E-state index is 12.1. The van der Waals surface area contributed by atoms with E-state index in [9.17, 15) is 13.2 Å². The molecule has 1 aliphatic heterocycles. The van der Waals surface area contributed by atoms with Crippen molar-refractivity contribution in [3.8, 4) is 0 Å². The van der Waals surface area contributed by atoms with E-state index >= 15 is 0 Å². The first-order valence-electron chi connectivity index (χ1n) is 7.56. The Bertz CT molecular complexity index is 935. The number of amides is 1. The molecule has 3 heterocycles. The number of rotatable bonds is 8. The van der Waals surface area contributed by atoms with E-state index in [1.807, 2.05) is 0 Å². The quantitative estimate of drug-likeness (QED) is 0.437. The van der Waals surface area contributed by atoms with E-state index in [0.29, 0.717) is 34.3 Å². The Morgan fingerprint density at radius 2 is 2.27 bits per heavy atom. The predicted molar refractivity (Wildman–Crippen MR) is 93.5 cm³/mol. The molecule has 1 aliphatic rings. The fraction of sp³-hybridized carbons (Fsp3) is 0.357. The molecule has 0 spiro atoms. The van der Waals surface area contributed by atoms with Crippen molar-refractivity contribution in [2.45, 2.75) is 6.42 Å². The maximum Gasteiger partial charge on any atom is 0.264 e. The van der Waals surface area contributed by atoms with E-state index in [0.717, 1.165) is 6.26 Å². The first-order valence-corrected chi connectivity index (χ1v) is 9.75. The van der Waals surface area contributed by atoms with Gasteiger partial charge in [-0.3, -0.25) is 14.1 Å². The number of nitrogens with one attached hydrogen (secondary N) is 3. The van der Waals surface area contributed by atoms with Crippen LogP contribution in [0.25, 0.3) is 0 Å². The number of halogens is 1. The lowest BCUT2D eigenvalue weighted by Gasteiger charge is -2.10. The Morgan fingerprint density at radius 3 is 2.96 bits per heavy atom. The van der Waals surface area contributed by atoms with Crippen LogP contribution in [0.15, 0.2) is 28.0 Å². The zero-order chi connectivity index (χ0) is 18.7. The lowest BCUT2D eigenvalue weighted by molar-refractivity contribution is -0.122. The average Bonchev–Trinajstić information content (AvgIpc) is 3.26. The van der Waals surface area contributed by atoms with E-state index in [1.54, 1.807) is 6.07 Å². The Kier molecular flexibility index (Phi) is 5.30. The molecule has 12 heteroatoms. The molecule has 1 unspecified atom stereocenters. The van der Waals surface area contributed by atoms with Crippen LogP contribution in [0, 0.1) is 5.92 Å². The number of hydrazone groups is 1. The topological polar surface area (TPSA) is 139 Å². The summed E-state index contributed by atoms with van der Waals surface area (Å²) in [7, 11) is -3.51. The second-order valence-electron chi connectivity index (χ2n) is 5.57. The van der Waals surface area contributed by atoms with E-state index in [1.165, 1.54) is 12.5 Å². The van der Waals surface area contributed by atoms with Gasteiger partial charge in [0.2, 0.25) is 5.91 Å². The summed E-state index contributed by atoms with van der Waals surface area (Å²) in [5.74, 6) is 0.229. The monoisotopic (exact) mass is 401 g/mol. The molecular weight excluding hydrogens is 386 g/mol. The number of H-pyrrole nitrogens is 1. The number of hydrogen-bond acceptors (Lipinski definition) is 8. The molecule has 0 saturated carbocycles. The van der Waals surface area contributed by atoms with Crippen LogP contribution in [-0.2, 0) is 25.5 Å². The number of carbonyl (C=O) groups is 1. The first-order chi connectivity index (χ1) is 12.3. The molecule has 3 rings (SSSR count). The van der Waals surface area contributed by atoms with Crippen LogP contribution in [0.2, 0.25) is 5.02 Å². The summed E-state index contributed by atoms with van der Waals surface area (Å²) in [6, 6.07) is 1.64. The van der Waals surface area contributed by atoms with Gasteiger partial charge in [0, 0.05) is 13.0 Å². The van der Waals surface area contributed by atoms with Gasteiger partial charge in [-0.1, -0.05) is 11.6 Å². The number of nitrogens with zero attached hydrogens (tertiary/aromatic N) is 2. The fourth-order valence-corrected chi connectivity index (χ4v) is 3.03. The van der Waals surface area contributed by atoms with E-state index in [4.69, 9.17) is 16.0 Å². The van der Waals surface area contributed by atoms with Crippen molar-refractivity contribution in [2.75, 3.05) is 24.7 Å². The minimum atomic E-state index is -3.51. The summed E-state index contributed by atoms with van der Waals surface area (Å²) >= 11 is 5.84. The Morgan fingerprint density at radius 1 is 1.46 bits per heavy atom. The smallest absolute Gasteiger partial charge is 0.264 e. The van der Waals surface area contributed by atoms with Gasteiger partial charge in [0.25, 0.3) is 10.1 Å². The molecule has 3 N–H and O–H groups in total. The minimum absolute atomic E-state index is 0.0464. The molecule has 0 fully saturated rings. The van der Waals surface area contributed by atoms with Gasteiger partial charge in [0.1, 0.15) is 17.8 Å². The highest BCUT2D eigenvalue weighted by atomic mass is 35.5. The van der Waals surface area contributed by atoms with Crippen LogP contribution in [0.3, 0.4) is 0 Å². The van der Waals surface area contributed by atoms with Gasteiger partial charge < -0.3 is 9.73 Å². The molecule has 140 valence electrons. The van der Waals surface area contributed by atoms with Gasteiger partial charge in [0.05, 0.1) is 41.3 Å². The summed E-state index contributed by atoms with van der Waals surface area (Å²) in [5.41, 5.74) is 3.53. The van der Waals surface area contributed by atoms with E-state index in [-0.39, 0.29) is 19.1 Å². The highest BCUT2D eigenvalue weighted by molar-refractivity contribution is 7.85. The highest BCUT2D eigenvalue weighted by Gasteiger charge is 2.34. The third-order valence-electron chi connectivity index (χ3n) is 3.58. The average molecular weight is 402 g/mol. The highest BCUT2D eigenvalue weighted by Crippen LogP contribution is 2.25. The molecule has 0 radical (unpaired) electrons. The first kappa shape index (κ1) is 18.4. The molecule has 0 saturated heterocycles. The summed E-state index contributed by atoms with van der Waals surface area (Å²) in [5, 5.41) is 14.2. The minimum Gasteiger partial charge on any atom is -0.468 e. The second kappa shape index (κ2) is 7.48. The van der Waals surface area contributed by atoms with Crippen LogP contribution < -0.4 is 10.7 Å². The van der Waals surface area contributed by atoms with Gasteiger partial charge in [-0.25, -0.2) is 5.43 Å². The Hall–Kier alpha value is -2.37. The molecular formula is C14H16ClN5O5S. The van der Waals surface area contributed by atoms with Crippen molar-refractivity contribution in [3.05, 3.63) is 34.9 Å². The number of hydrogen-bond donors (Lipinski definition) is 3. The number of aromatic amines is 1. The third kappa shape index (κ3) is 4.42. The lowest BCUT2D eigenvalue weighted by atomic mass is 9.94. The number of anilines is 1. The van der Waals surface area contributed by atoms with Crippen LogP contribution in [-0.4, -0.2) is 49.6 Å². The summed E-state index contributed by atoms with van der Waals surface area (Å²) in [6.07, 6.45) is 4.19. The van der Waals surface area contributed by atoms with E-state index < -0.39 is 16.0 Å². The van der Waals surface area contributed by atoms with Crippen LogP contribution >= 0.6 is 11.6 Å². The molecule has 1 atom stereocenters. The summed E-state index contributed by atoms with van der Waals surface area (Å²) in [4.78, 5) is 12.1.